The fourth-order valence-electron chi connectivity index (χ4n) is 3.41. The molecule has 146 valence electrons. The fraction of sp³-hybridized carbons (Fsp3) is 0.167. The third kappa shape index (κ3) is 3.99. The van der Waals surface area contributed by atoms with Gasteiger partial charge < -0.3 is 9.47 Å². The molecule has 0 aliphatic rings. The highest BCUT2D eigenvalue weighted by Gasteiger charge is 2.12. The third-order valence-electron chi connectivity index (χ3n) is 4.76. The first-order valence-corrected chi connectivity index (χ1v) is 9.54. The van der Waals surface area contributed by atoms with E-state index in [1.807, 2.05) is 65.5 Å². The minimum Gasteiger partial charge on any atom is -0.497 e. The summed E-state index contributed by atoms with van der Waals surface area (Å²) in [5.74, 6) is 0.519. The predicted octanol–water partition coefficient (Wildman–Crippen LogP) is 4.94. The van der Waals surface area contributed by atoms with Gasteiger partial charge in [-0.2, -0.15) is 5.10 Å². The van der Waals surface area contributed by atoms with Crippen molar-refractivity contribution in [1.29, 1.82) is 0 Å². The van der Waals surface area contributed by atoms with E-state index in [2.05, 4.69) is 6.07 Å². The van der Waals surface area contributed by atoms with E-state index in [0.29, 0.717) is 18.7 Å². The van der Waals surface area contributed by atoms with Crippen molar-refractivity contribution in [2.75, 3.05) is 13.7 Å². The Labute approximate surface area is 169 Å². The van der Waals surface area contributed by atoms with Crippen molar-refractivity contribution in [2.24, 2.45) is 0 Å². The summed E-state index contributed by atoms with van der Waals surface area (Å²) in [7, 11) is 1.66. The van der Waals surface area contributed by atoms with Gasteiger partial charge in [0, 0.05) is 11.6 Å². The predicted molar refractivity (Wildman–Crippen MR) is 113 cm³/mol. The molecule has 0 aliphatic carbocycles. The van der Waals surface area contributed by atoms with Crippen LogP contribution in [0.2, 0.25) is 0 Å². The van der Waals surface area contributed by atoms with E-state index < -0.39 is 0 Å². The largest absolute Gasteiger partial charge is 0.497 e. The Morgan fingerprint density at radius 3 is 2.69 bits per heavy atom. The Bertz CT molecular complexity index is 1160. The number of esters is 1. The van der Waals surface area contributed by atoms with Gasteiger partial charge in [0.25, 0.3) is 0 Å². The number of nitrogens with zero attached hydrogens (tertiary/aromatic N) is 2. The number of ether oxygens (including phenoxy) is 2. The number of carbonyl (C=O) groups excluding carboxylic acids is 1. The van der Waals surface area contributed by atoms with E-state index in [4.69, 9.17) is 14.6 Å². The monoisotopic (exact) mass is 386 g/mol. The summed E-state index contributed by atoms with van der Waals surface area (Å²) in [6.07, 6.45) is 2.04. The van der Waals surface area contributed by atoms with Crippen LogP contribution in [0.1, 0.15) is 22.8 Å². The van der Waals surface area contributed by atoms with Crippen LogP contribution < -0.4 is 4.74 Å². The Kier molecular flexibility index (Phi) is 5.29. The number of benzene rings is 3. The summed E-state index contributed by atoms with van der Waals surface area (Å²) in [4.78, 5) is 12.1. The highest BCUT2D eigenvalue weighted by molar-refractivity contribution is 5.97. The zero-order chi connectivity index (χ0) is 20.2. The molecule has 0 aliphatic heterocycles. The molecule has 5 nitrogen and oxygen atoms in total. The first kappa shape index (κ1) is 18.7. The summed E-state index contributed by atoms with van der Waals surface area (Å²) in [6, 6.07) is 21.5. The van der Waals surface area contributed by atoms with Gasteiger partial charge >= 0.3 is 5.97 Å². The maximum Gasteiger partial charge on any atom is 0.338 e. The molecule has 0 unspecified atom stereocenters. The highest BCUT2D eigenvalue weighted by Crippen LogP contribution is 2.29. The number of fused-ring (bicyclic) bond motifs is 1. The quantitative estimate of drug-likeness (QED) is 0.441. The van der Waals surface area contributed by atoms with Crippen LogP contribution in [-0.4, -0.2) is 29.5 Å². The molecular weight excluding hydrogens is 364 g/mol. The van der Waals surface area contributed by atoms with Crippen LogP contribution in [0.5, 0.6) is 5.75 Å². The summed E-state index contributed by atoms with van der Waals surface area (Å²) in [5, 5.41) is 5.76. The van der Waals surface area contributed by atoms with Crippen LogP contribution in [0.3, 0.4) is 0 Å². The molecule has 0 N–H and O–H groups in total. The maximum atomic E-state index is 12.1. The molecule has 0 radical (unpaired) electrons. The van der Waals surface area contributed by atoms with Gasteiger partial charge in [-0.1, -0.05) is 36.4 Å². The van der Waals surface area contributed by atoms with Crippen LogP contribution in [0.25, 0.3) is 22.0 Å². The van der Waals surface area contributed by atoms with Crippen molar-refractivity contribution in [3.05, 3.63) is 84.1 Å². The van der Waals surface area contributed by atoms with Crippen molar-refractivity contribution in [3.63, 3.8) is 0 Å². The molecule has 1 heterocycles. The van der Waals surface area contributed by atoms with E-state index >= 15 is 0 Å². The number of hydrogen-bond acceptors (Lipinski definition) is 4. The van der Waals surface area contributed by atoms with Crippen molar-refractivity contribution in [3.8, 4) is 16.9 Å². The number of methoxy groups -OCH3 is 1. The minimum absolute atomic E-state index is 0.310. The molecule has 0 saturated carbocycles. The van der Waals surface area contributed by atoms with Gasteiger partial charge in [0.15, 0.2) is 0 Å². The van der Waals surface area contributed by atoms with Gasteiger partial charge in [-0.25, -0.2) is 4.79 Å². The summed E-state index contributed by atoms with van der Waals surface area (Å²) < 4.78 is 12.4. The van der Waals surface area contributed by atoms with E-state index in [9.17, 15) is 4.79 Å². The molecule has 0 fully saturated rings. The molecule has 4 rings (SSSR count). The Morgan fingerprint density at radius 2 is 1.86 bits per heavy atom. The van der Waals surface area contributed by atoms with Crippen LogP contribution in [0, 0.1) is 0 Å². The highest BCUT2D eigenvalue weighted by atomic mass is 16.5. The average Bonchev–Trinajstić information content (AvgIpc) is 3.16. The smallest absolute Gasteiger partial charge is 0.338 e. The van der Waals surface area contributed by atoms with Crippen molar-refractivity contribution in [1.82, 2.24) is 9.78 Å². The molecular formula is C24H22N2O3. The zero-order valence-corrected chi connectivity index (χ0v) is 16.5. The lowest BCUT2D eigenvalue weighted by Gasteiger charge is -2.06. The van der Waals surface area contributed by atoms with Crippen LogP contribution >= 0.6 is 0 Å². The van der Waals surface area contributed by atoms with Gasteiger partial charge in [0.2, 0.25) is 0 Å². The zero-order valence-electron chi connectivity index (χ0n) is 16.5. The third-order valence-corrected chi connectivity index (χ3v) is 4.76. The van der Waals surface area contributed by atoms with E-state index in [1.54, 1.807) is 20.1 Å². The van der Waals surface area contributed by atoms with Crippen molar-refractivity contribution in [2.45, 2.75) is 13.5 Å². The van der Waals surface area contributed by atoms with Gasteiger partial charge in [0.05, 0.1) is 31.3 Å². The molecule has 0 amide bonds. The van der Waals surface area contributed by atoms with Gasteiger partial charge in [-0.3, -0.25) is 4.68 Å². The molecule has 0 bridgehead atoms. The normalized spacial score (nSPS) is 10.8. The molecule has 5 heteroatoms. The van der Waals surface area contributed by atoms with Crippen molar-refractivity contribution >= 4 is 16.9 Å². The molecule has 4 aromatic rings. The lowest BCUT2D eigenvalue weighted by Crippen LogP contribution is -2.04. The van der Waals surface area contributed by atoms with E-state index in [1.165, 1.54) is 0 Å². The number of hydrogen-bond donors (Lipinski definition) is 0. The summed E-state index contributed by atoms with van der Waals surface area (Å²) in [6.45, 7) is 2.81. The number of aromatic nitrogens is 2. The second-order valence-electron chi connectivity index (χ2n) is 6.72. The second kappa shape index (κ2) is 8.19. The van der Waals surface area contributed by atoms with Crippen molar-refractivity contribution < 1.29 is 14.3 Å². The second-order valence-corrected chi connectivity index (χ2v) is 6.72. The SMILES string of the molecule is CCOC(=O)c1cccc(-c2cccc3nn(Cc4cccc(OC)c4)cc23)c1. The Morgan fingerprint density at radius 1 is 1.03 bits per heavy atom. The van der Waals surface area contributed by atoms with Gasteiger partial charge in [-0.15, -0.1) is 0 Å². The standard InChI is InChI=1S/C24H22N2O3/c1-3-29-24(27)19-9-5-8-18(14-19)21-11-6-12-23-22(21)16-26(25-23)15-17-7-4-10-20(13-17)28-2/h4-14,16H,3,15H2,1-2H3. The first-order chi connectivity index (χ1) is 14.2. The fourth-order valence-corrected chi connectivity index (χ4v) is 3.41. The molecule has 0 spiro atoms. The molecule has 1 aromatic heterocycles. The number of rotatable bonds is 6. The summed E-state index contributed by atoms with van der Waals surface area (Å²) in [5.41, 5.74) is 4.56. The lowest BCUT2D eigenvalue weighted by atomic mass is 10.00. The summed E-state index contributed by atoms with van der Waals surface area (Å²) >= 11 is 0. The molecule has 0 saturated heterocycles. The Balaban J connectivity index is 1.70. The Hall–Kier alpha value is -3.60. The van der Waals surface area contributed by atoms with Crippen LogP contribution in [0.4, 0.5) is 0 Å². The molecule has 3 aromatic carbocycles. The average molecular weight is 386 g/mol. The van der Waals surface area contributed by atoms with E-state index in [-0.39, 0.29) is 5.97 Å². The minimum atomic E-state index is -0.310. The molecule has 0 atom stereocenters. The first-order valence-electron chi connectivity index (χ1n) is 9.54. The number of carbonyl (C=O) groups is 1. The van der Waals surface area contributed by atoms with E-state index in [0.717, 1.165) is 33.3 Å². The van der Waals surface area contributed by atoms with Gasteiger partial charge in [0.1, 0.15) is 5.75 Å². The van der Waals surface area contributed by atoms with Crippen LogP contribution in [0.15, 0.2) is 72.9 Å². The maximum absolute atomic E-state index is 12.1. The molecule has 29 heavy (non-hydrogen) atoms. The van der Waals surface area contributed by atoms with Crippen LogP contribution in [-0.2, 0) is 11.3 Å². The topological polar surface area (TPSA) is 53.3 Å². The lowest BCUT2D eigenvalue weighted by molar-refractivity contribution is 0.0526. The van der Waals surface area contributed by atoms with Gasteiger partial charge in [-0.05, 0) is 53.9 Å².